The average Bonchev–Trinajstić information content (AvgIpc) is 3.56. The molecule has 4 nitrogen and oxygen atoms in total. The van der Waals surface area contributed by atoms with Crippen LogP contribution in [0.1, 0.15) is 0 Å². The number of fused-ring (bicyclic) bond motifs is 7. The first-order chi connectivity index (χ1) is 25.8. The van der Waals surface area contributed by atoms with Crippen LogP contribution in [0.3, 0.4) is 0 Å². The fourth-order valence-corrected chi connectivity index (χ4v) is 7.38. The minimum Gasteiger partial charge on any atom is -0.455 e. The Balaban J connectivity index is 1.13. The highest BCUT2D eigenvalue weighted by molar-refractivity contribution is 6.10. The third-order valence-corrected chi connectivity index (χ3v) is 9.85. The van der Waals surface area contributed by atoms with E-state index in [-0.39, 0.29) is 0 Å². The zero-order valence-electron chi connectivity index (χ0n) is 28.1. The van der Waals surface area contributed by atoms with Gasteiger partial charge in [-0.3, -0.25) is 0 Å². The molecule has 9 aromatic rings. The van der Waals surface area contributed by atoms with Crippen LogP contribution in [0, 0.1) is 0 Å². The van der Waals surface area contributed by atoms with Crippen molar-refractivity contribution in [3.8, 4) is 67.5 Å². The lowest BCUT2D eigenvalue weighted by Crippen LogP contribution is -2.11. The summed E-state index contributed by atoms with van der Waals surface area (Å²) in [6.07, 6.45) is 0. The quantitative estimate of drug-likeness (QED) is 0.183. The number of nitrogens with zero attached hydrogens (tertiary/aromatic N) is 3. The molecule has 0 radical (unpaired) electrons. The summed E-state index contributed by atoms with van der Waals surface area (Å²) in [5.74, 6) is 1.57. The van der Waals surface area contributed by atoms with E-state index >= 15 is 0 Å². The number of benzene rings is 7. The molecular formula is C48H31N3O. The van der Waals surface area contributed by atoms with Gasteiger partial charge in [-0.2, -0.15) is 0 Å². The molecule has 2 aromatic heterocycles. The topological polar surface area (TPSA) is 42.2 Å². The van der Waals surface area contributed by atoms with Crippen LogP contribution in [0.25, 0.3) is 78.4 Å². The molecule has 0 unspecified atom stereocenters. The molecule has 1 aliphatic rings. The minimum absolute atomic E-state index is 0.688. The number of rotatable bonds is 5. The van der Waals surface area contributed by atoms with Crippen molar-refractivity contribution in [2.45, 2.75) is 0 Å². The number of hydrogen-bond donors (Lipinski definition) is 0. The van der Waals surface area contributed by atoms with Crippen LogP contribution in [0.4, 0.5) is 17.1 Å². The molecule has 0 bridgehead atoms. The Morgan fingerprint density at radius 3 is 1.73 bits per heavy atom. The first-order valence-electron chi connectivity index (χ1n) is 17.5. The van der Waals surface area contributed by atoms with Crippen molar-refractivity contribution >= 4 is 28.0 Å². The number of aromatic nitrogens is 2. The van der Waals surface area contributed by atoms with Crippen molar-refractivity contribution in [2.75, 3.05) is 4.90 Å². The SMILES string of the molecule is c1ccc(-c2ccc(-c3cc(-c4cccc(N5c6ccccc6-c6oc7ccccc7c6-c6ccccc65)c4)nc(-c4ccccc4)n3)cc2)cc1. The van der Waals surface area contributed by atoms with Crippen LogP contribution in [0.5, 0.6) is 0 Å². The van der Waals surface area contributed by atoms with Crippen LogP contribution in [0.2, 0.25) is 0 Å². The molecule has 3 heterocycles. The fourth-order valence-electron chi connectivity index (χ4n) is 7.38. The van der Waals surface area contributed by atoms with E-state index in [9.17, 15) is 0 Å². The number of furan rings is 1. The third kappa shape index (κ3) is 5.09. The van der Waals surface area contributed by atoms with Crippen LogP contribution in [0.15, 0.2) is 192 Å². The Labute approximate surface area is 302 Å². The normalized spacial score (nSPS) is 11.8. The summed E-state index contributed by atoms with van der Waals surface area (Å²) in [7, 11) is 0. The first-order valence-corrected chi connectivity index (χ1v) is 17.5. The average molecular weight is 666 g/mol. The lowest BCUT2D eigenvalue weighted by molar-refractivity contribution is 0.633. The Morgan fingerprint density at radius 1 is 0.404 bits per heavy atom. The summed E-state index contributed by atoms with van der Waals surface area (Å²) < 4.78 is 6.63. The van der Waals surface area contributed by atoms with Crippen LogP contribution < -0.4 is 4.90 Å². The van der Waals surface area contributed by atoms with Gasteiger partial charge in [0.2, 0.25) is 0 Å². The van der Waals surface area contributed by atoms with Crippen molar-refractivity contribution in [3.63, 3.8) is 0 Å². The molecule has 244 valence electrons. The molecule has 0 N–H and O–H groups in total. The van der Waals surface area contributed by atoms with Gasteiger partial charge in [0.25, 0.3) is 0 Å². The summed E-state index contributed by atoms with van der Waals surface area (Å²) in [4.78, 5) is 12.6. The third-order valence-electron chi connectivity index (χ3n) is 9.85. The van der Waals surface area contributed by atoms with Gasteiger partial charge in [-0.05, 0) is 53.6 Å². The molecular weight excluding hydrogens is 635 g/mol. The van der Waals surface area contributed by atoms with Crippen molar-refractivity contribution in [2.24, 2.45) is 0 Å². The molecule has 52 heavy (non-hydrogen) atoms. The van der Waals surface area contributed by atoms with Gasteiger partial charge in [0.15, 0.2) is 5.82 Å². The summed E-state index contributed by atoms with van der Waals surface area (Å²) in [6, 6.07) is 65.5. The molecule has 0 spiro atoms. The maximum Gasteiger partial charge on any atom is 0.160 e. The van der Waals surface area contributed by atoms with Gasteiger partial charge >= 0.3 is 0 Å². The highest BCUT2D eigenvalue weighted by Crippen LogP contribution is 2.53. The summed E-state index contributed by atoms with van der Waals surface area (Å²) >= 11 is 0. The maximum atomic E-state index is 6.63. The molecule has 0 aliphatic carbocycles. The molecule has 1 aliphatic heterocycles. The van der Waals surface area contributed by atoms with Crippen molar-refractivity contribution in [1.82, 2.24) is 9.97 Å². The van der Waals surface area contributed by atoms with Crippen LogP contribution >= 0.6 is 0 Å². The van der Waals surface area contributed by atoms with E-state index in [1.54, 1.807) is 0 Å². The molecule has 0 saturated carbocycles. The standard InChI is InChI=1S/C48H31N3O/c1-3-14-32(15-4-1)33-26-28-34(29-27-33)41-31-42(50-48(49-41)35-16-5-2-6-17-35)36-18-13-19-37(30-36)51-43-23-10-7-20-38(43)46-40-22-9-12-25-45(40)52-47(46)39-21-8-11-24-44(39)51/h1-31H. The summed E-state index contributed by atoms with van der Waals surface area (Å²) in [5.41, 5.74) is 14.4. The molecule has 7 aromatic carbocycles. The molecule has 4 heteroatoms. The monoisotopic (exact) mass is 665 g/mol. The second-order valence-electron chi connectivity index (χ2n) is 13.0. The van der Waals surface area contributed by atoms with Crippen molar-refractivity contribution in [3.05, 3.63) is 188 Å². The lowest BCUT2D eigenvalue weighted by atomic mass is 9.98. The predicted molar refractivity (Wildman–Crippen MR) is 213 cm³/mol. The van der Waals surface area contributed by atoms with Crippen molar-refractivity contribution < 1.29 is 4.42 Å². The number of hydrogen-bond acceptors (Lipinski definition) is 4. The van der Waals surface area contributed by atoms with Crippen LogP contribution in [-0.4, -0.2) is 9.97 Å². The minimum atomic E-state index is 0.688. The second-order valence-corrected chi connectivity index (χ2v) is 13.0. The molecule has 0 saturated heterocycles. The van der Waals surface area contributed by atoms with E-state index in [4.69, 9.17) is 14.4 Å². The Bertz CT molecular complexity index is 2730. The summed E-state index contributed by atoms with van der Waals surface area (Å²) in [6.45, 7) is 0. The van der Waals surface area contributed by atoms with Gasteiger partial charge in [-0.25, -0.2) is 9.97 Å². The Hall–Kier alpha value is -7.04. The largest absolute Gasteiger partial charge is 0.455 e. The Morgan fingerprint density at radius 2 is 0.962 bits per heavy atom. The zero-order valence-corrected chi connectivity index (χ0v) is 28.1. The van der Waals surface area contributed by atoms with Gasteiger partial charge < -0.3 is 9.32 Å². The highest BCUT2D eigenvalue weighted by Gasteiger charge is 2.30. The van der Waals surface area contributed by atoms with Gasteiger partial charge in [0, 0.05) is 44.5 Å². The Kier molecular flexibility index (Phi) is 7.10. The fraction of sp³-hybridized carbons (Fsp3) is 0. The van der Waals surface area contributed by atoms with Crippen LogP contribution in [-0.2, 0) is 0 Å². The maximum absolute atomic E-state index is 6.63. The summed E-state index contributed by atoms with van der Waals surface area (Å²) in [5, 5.41) is 1.11. The molecule has 0 fully saturated rings. The van der Waals surface area contributed by atoms with E-state index < -0.39 is 0 Å². The molecule has 10 rings (SSSR count). The van der Waals surface area contributed by atoms with E-state index in [1.807, 2.05) is 36.4 Å². The predicted octanol–water partition coefficient (Wildman–Crippen LogP) is 13.0. The van der Waals surface area contributed by atoms with Gasteiger partial charge in [-0.15, -0.1) is 0 Å². The number of anilines is 3. The van der Waals surface area contributed by atoms with Gasteiger partial charge in [-0.1, -0.05) is 146 Å². The zero-order chi connectivity index (χ0) is 34.4. The first kappa shape index (κ1) is 29.8. The lowest BCUT2D eigenvalue weighted by Gasteiger charge is -2.27. The van der Waals surface area contributed by atoms with E-state index in [0.717, 1.165) is 78.6 Å². The number of para-hydroxylation sites is 3. The molecule has 0 atom stereocenters. The van der Waals surface area contributed by atoms with E-state index in [2.05, 4.69) is 157 Å². The van der Waals surface area contributed by atoms with E-state index in [1.165, 1.54) is 11.1 Å². The van der Waals surface area contributed by atoms with E-state index in [0.29, 0.717) is 5.82 Å². The van der Waals surface area contributed by atoms with Gasteiger partial charge in [0.05, 0.1) is 22.8 Å². The van der Waals surface area contributed by atoms with Crippen molar-refractivity contribution in [1.29, 1.82) is 0 Å². The van der Waals surface area contributed by atoms with Gasteiger partial charge in [0.1, 0.15) is 11.3 Å². The smallest absolute Gasteiger partial charge is 0.160 e. The molecule has 0 amide bonds. The second kappa shape index (κ2) is 12.4. The highest BCUT2D eigenvalue weighted by atomic mass is 16.3.